The summed E-state index contributed by atoms with van der Waals surface area (Å²) < 4.78 is 4.68. The fourth-order valence-electron chi connectivity index (χ4n) is 0.786. The second kappa shape index (κ2) is 4.84. The number of nitrogens with zero attached hydrogens (tertiary/aromatic N) is 2. The number of benzene rings is 1. The van der Waals surface area contributed by atoms with Gasteiger partial charge in [0.1, 0.15) is 0 Å². The van der Waals surface area contributed by atoms with Crippen molar-refractivity contribution in [3.05, 3.63) is 35.9 Å². The van der Waals surface area contributed by atoms with E-state index in [-0.39, 0.29) is 0 Å². The van der Waals surface area contributed by atoms with E-state index in [2.05, 4.69) is 8.07 Å². The number of oxime groups is 1. The monoisotopic (exact) mass is 356 g/mol. The van der Waals surface area contributed by atoms with Gasteiger partial charge in [0.2, 0.25) is 0 Å². The Hall–Kier alpha value is -0.937. The molecule has 1 aromatic rings. The van der Waals surface area contributed by atoms with Gasteiger partial charge in [-0.05, 0) is 0 Å². The van der Waals surface area contributed by atoms with Gasteiger partial charge in [-0.2, -0.15) is 0 Å². The van der Waals surface area contributed by atoms with Crippen molar-refractivity contribution in [2.45, 2.75) is 0 Å². The zero-order valence-corrected chi connectivity index (χ0v) is 10.8. The third-order valence-electron chi connectivity index (χ3n) is 1.30. The topological polar surface area (TPSA) is 45.4 Å². The van der Waals surface area contributed by atoms with Gasteiger partial charge < -0.3 is 0 Å². The van der Waals surface area contributed by atoms with E-state index in [9.17, 15) is 0 Å². The van der Waals surface area contributed by atoms with Gasteiger partial charge in [0.25, 0.3) is 0 Å². The Morgan fingerprint density at radius 3 is 2.58 bits per heavy atom. The van der Waals surface area contributed by atoms with E-state index in [1.807, 2.05) is 36.4 Å². The van der Waals surface area contributed by atoms with E-state index in [4.69, 9.17) is 5.26 Å². The summed E-state index contributed by atoms with van der Waals surface area (Å²) >= 11 is 0.321. The molecule has 0 heterocycles. The van der Waals surface area contributed by atoms with Crippen LogP contribution in [0, 0.1) is 11.3 Å². The minimum atomic E-state index is 0.321. The van der Waals surface area contributed by atoms with E-state index < -0.39 is 0 Å². The summed E-state index contributed by atoms with van der Waals surface area (Å²) in [6.45, 7) is 0. The maximum absolute atomic E-state index is 8.67. The Morgan fingerprint density at radius 2 is 2.08 bits per heavy atom. The number of nitriles is 1. The van der Waals surface area contributed by atoms with Crippen LogP contribution >= 0.6 is 0 Å². The molecule has 0 aliphatic carbocycles. The van der Waals surface area contributed by atoms with Gasteiger partial charge >= 0.3 is 86.2 Å². The third kappa shape index (κ3) is 2.28. The molecule has 0 spiro atoms. The molecular weight excluding hydrogens is 349 g/mol. The molecule has 0 atom stereocenters. The summed E-state index contributed by atoms with van der Waals surface area (Å²) in [6, 6.07) is 11.2. The molecule has 1 aromatic carbocycles. The standard InChI is InChI=1S/C8H6N2O.Bi.2H/c9-6-8(10-11)7-4-2-1-3-5-7;;;/h1-5,11H;;;/q;+1;;/p-1. The van der Waals surface area contributed by atoms with Gasteiger partial charge in [-0.3, -0.25) is 0 Å². The molecule has 0 bridgehead atoms. The average Bonchev–Trinajstić information content (AvgIpc) is 2.15. The Labute approximate surface area is 86.1 Å². The molecule has 0 saturated carbocycles. The van der Waals surface area contributed by atoms with Crippen LogP contribution in [0.25, 0.3) is 0 Å². The van der Waals surface area contributed by atoms with Gasteiger partial charge in [0, 0.05) is 0 Å². The zero-order chi connectivity index (χ0) is 8.81. The Morgan fingerprint density at radius 1 is 1.42 bits per heavy atom. The Kier molecular flexibility index (Phi) is 3.69. The second-order valence-corrected chi connectivity index (χ2v) is 2.84. The van der Waals surface area contributed by atoms with Crippen molar-refractivity contribution in [1.82, 2.24) is 0 Å². The van der Waals surface area contributed by atoms with Crippen LogP contribution in [0.2, 0.25) is 0 Å². The molecule has 0 aliphatic heterocycles. The van der Waals surface area contributed by atoms with E-state index in [0.717, 1.165) is 5.56 Å². The first-order chi connectivity index (χ1) is 5.88. The molecule has 0 saturated heterocycles. The van der Waals surface area contributed by atoms with Crippen molar-refractivity contribution in [3.8, 4) is 6.07 Å². The average molecular weight is 356 g/mol. The van der Waals surface area contributed by atoms with Crippen LogP contribution in [-0.2, 0) is 2.91 Å². The third-order valence-corrected chi connectivity index (χ3v) is 1.71. The second-order valence-electron chi connectivity index (χ2n) is 2.02. The predicted molar refractivity (Wildman–Crippen MR) is 48.2 cm³/mol. The fraction of sp³-hybridized carbons (Fsp3) is 0. The maximum atomic E-state index is 8.67. The van der Waals surface area contributed by atoms with Crippen molar-refractivity contribution in [2.75, 3.05) is 0 Å². The number of hydrogen-bond donors (Lipinski definition) is 0. The first-order valence-corrected chi connectivity index (χ1v) is 5.11. The molecule has 60 valence electrons. The Bertz CT molecular complexity index is 316. The van der Waals surface area contributed by atoms with Gasteiger partial charge in [0.15, 0.2) is 0 Å². The molecule has 0 fully saturated rings. The van der Waals surface area contributed by atoms with Gasteiger partial charge in [0.05, 0.1) is 0 Å². The molecule has 0 aliphatic rings. The van der Waals surface area contributed by atoms with Crippen molar-refractivity contribution < 1.29 is 2.91 Å². The molecule has 1 rings (SSSR count). The quantitative estimate of drug-likeness (QED) is 0.440. The molecule has 0 N–H and O–H groups in total. The molecule has 3 nitrogen and oxygen atoms in total. The van der Waals surface area contributed by atoms with Crippen molar-refractivity contribution in [2.24, 2.45) is 5.16 Å². The molecule has 0 radical (unpaired) electrons. The Balaban J connectivity index is 2.98. The summed E-state index contributed by atoms with van der Waals surface area (Å²) in [5.74, 6) is 0. The molecule has 0 aromatic heterocycles. The van der Waals surface area contributed by atoms with Crippen LogP contribution in [0.1, 0.15) is 5.56 Å². The summed E-state index contributed by atoms with van der Waals surface area (Å²) in [6.07, 6.45) is 0. The fourth-order valence-corrected chi connectivity index (χ4v) is 1.20. The first-order valence-electron chi connectivity index (χ1n) is 3.28. The summed E-state index contributed by atoms with van der Waals surface area (Å²) in [4.78, 5) is 0. The van der Waals surface area contributed by atoms with E-state index in [1.54, 1.807) is 0 Å². The van der Waals surface area contributed by atoms with Gasteiger partial charge in [-0.1, -0.05) is 0 Å². The normalized spacial score (nSPS) is 10.5. The van der Waals surface area contributed by atoms with Crippen molar-refractivity contribution >= 4 is 30.9 Å². The summed E-state index contributed by atoms with van der Waals surface area (Å²) in [5, 5.41) is 12.3. The molecule has 0 unspecified atom stereocenters. The van der Waals surface area contributed by atoms with E-state index >= 15 is 0 Å². The van der Waals surface area contributed by atoms with E-state index in [1.165, 1.54) is 0 Å². The van der Waals surface area contributed by atoms with Gasteiger partial charge in [-0.15, -0.1) is 0 Å². The molecule has 12 heavy (non-hydrogen) atoms. The summed E-state index contributed by atoms with van der Waals surface area (Å²) in [7, 11) is 0. The van der Waals surface area contributed by atoms with Crippen LogP contribution < -0.4 is 0 Å². The van der Waals surface area contributed by atoms with Crippen molar-refractivity contribution in [3.63, 3.8) is 0 Å². The first kappa shape index (κ1) is 9.15. The zero-order valence-electron chi connectivity index (χ0n) is 6.27. The van der Waals surface area contributed by atoms with Crippen LogP contribution in [0.4, 0.5) is 0 Å². The SMILES string of the molecule is N#CC(=N[O][BiH2])c1ccccc1. The molecule has 0 amide bonds. The van der Waals surface area contributed by atoms with Crippen LogP contribution in [-0.4, -0.2) is 30.9 Å². The van der Waals surface area contributed by atoms with Gasteiger partial charge in [-0.25, -0.2) is 0 Å². The van der Waals surface area contributed by atoms with E-state index in [0.29, 0.717) is 30.9 Å². The molecule has 4 heteroatoms. The number of hydrogen-bond acceptors (Lipinski definition) is 3. The van der Waals surface area contributed by atoms with Crippen LogP contribution in [0.5, 0.6) is 0 Å². The van der Waals surface area contributed by atoms with Crippen LogP contribution in [0.3, 0.4) is 0 Å². The predicted octanol–water partition coefficient (Wildman–Crippen LogP) is 0.479. The van der Waals surface area contributed by atoms with Crippen LogP contribution in [0.15, 0.2) is 35.5 Å². The minimum absolute atomic E-state index is 0.321. The van der Waals surface area contributed by atoms with Crippen molar-refractivity contribution in [1.29, 1.82) is 5.26 Å². The molecular formula is C8H7BiN2O. The summed E-state index contributed by atoms with van der Waals surface area (Å²) in [5.41, 5.74) is 1.12. The number of rotatable bonds is 2.